The highest BCUT2D eigenvalue weighted by Gasteiger charge is 2.40. The maximum Gasteiger partial charge on any atom is 0.332 e. The summed E-state index contributed by atoms with van der Waals surface area (Å²) in [4.78, 5) is 4.18. The number of fused-ring (bicyclic) bond motifs is 2. The largest absolute Gasteiger partial charge is 0.495 e. The van der Waals surface area contributed by atoms with Crippen LogP contribution >= 0.6 is 0 Å². The van der Waals surface area contributed by atoms with Gasteiger partial charge in [0.2, 0.25) is 5.82 Å². The summed E-state index contributed by atoms with van der Waals surface area (Å²) in [6, 6.07) is 8.35. The van der Waals surface area contributed by atoms with E-state index in [1.54, 1.807) is 19.1 Å². The molecule has 0 amide bonds. The van der Waals surface area contributed by atoms with Crippen molar-refractivity contribution in [2.24, 2.45) is 0 Å². The van der Waals surface area contributed by atoms with E-state index < -0.39 is 17.6 Å². The van der Waals surface area contributed by atoms with Crippen LogP contribution < -0.4 is 4.74 Å². The SMILES string of the molecule is COc1cnc2ccc(C(F)(F)c3nnc4c(F)cc(-c5cc(C)no5)cn34)cc2c1. The van der Waals surface area contributed by atoms with Gasteiger partial charge in [-0.1, -0.05) is 11.2 Å². The van der Waals surface area contributed by atoms with Gasteiger partial charge < -0.3 is 9.26 Å². The third kappa shape index (κ3) is 3.07. The smallest absolute Gasteiger partial charge is 0.332 e. The number of ether oxygens (including phenoxy) is 1. The summed E-state index contributed by atoms with van der Waals surface area (Å²) in [7, 11) is 1.46. The molecule has 0 saturated carbocycles. The average molecular weight is 425 g/mol. The fraction of sp³-hybridized carbons (Fsp3) is 0.143. The van der Waals surface area contributed by atoms with E-state index in [4.69, 9.17) is 9.26 Å². The number of benzene rings is 1. The monoisotopic (exact) mass is 425 g/mol. The average Bonchev–Trinajstić information content (AvgIpc) is 3.39. The van der Waals surface area contributed by atoms with Crippen molar-refractivity contribution in [3.8, 4) is 17.1 Å². The zero-order chi connectivity index (χ0) is 21.8. The maximum atomic E-state index is 15.5. The van der Waals surface area contributed by atoms with Crippen LogP contribution in [0.4, 0.5) is 13.2 Å². The molecule has 7 nitrogen and oxygen atoms in total. The molecule has 5 rings (SSSR count). The van der Waals surface area contributed by atoms with Crippen molar-refractivity contribution >= 4 is 16.6 Å². The maximum absolute atomic E-state index is 15.5. The summed E-state index contributed by atoms with van der Waals surface area (Å²) in [6.45, 7) is 1.70. The summed E-state index contributed by atoms with van der Waals surface area (Å²) in [5.74, 6) is -4.43. The number of methoxy groups -OCH3 is 1. The Balaban J connectivity index is 1.67. The van der Waals surface area contributed by atoms with Crippen LogP contribution in [0.25, 0.3) is 27.9 Å². The lowest BCUT2D eigenvalue weighted by molar-refractivity contribution is 0.0318. The van der Waals surface area contributed by atoms with E-state index in [2.05, 4.69) is 20.3 Å². The van der Waals surface area contributed by atoms with E-state index in [1.807, 2.05) is 0 Å². The Labute approximate surface area is 173 Å². The molecule has 0 fully saturated rings. The molecule has 0 spiro atoms. The highest BCUT2D eigenvalue weighted by molar-refractivity contribution is 5.80. The van der Waals surface area contributed by atoms with E-state index in [0.29, 0.717) is 22.3 Å². The third-order valence-corrected chi connectivity index (χ3v) is 4.91. The van der Waals surface area contributed by atoms with Gasteiger partial charge in [-0.15, -0.1) is 10.2 Å². The number of aromatic nitrogens is 5. The van der Waals surface area contributed by atoms with Crippen LogP contribution in [0.5, 0.6) is 5.75 Å². The number of hydrogen-bond donors (Lipinski definition) is 0. The molecule has 0 aliphatic carbocycles. The Bertz CT molecular complexity index is 1440. The highest BCUT2D eigenvalue weighted by Crippen LogP contribution is 2.37. The predicted octanol–water partition coefficient (Wildman–Crippen LogP) is 4.53. The Morgan fingerprint density at radius 1 is 1.10 bits per heavy atom. The fourth-order valence-corrected chi connectivity index (χ4v) is 3.35. The molecule has 1 aromatic carbocycles. The van der Waals surface area contributed by atoms with Gasteiger partial charge in [0.25, 0.3) is 0 Å². The van der Waals surface area contributed by atoms with Crippen molar-refractivity contribution in [1.29, 1.82) is 0 Å². The molecule has 0 bridgehead atoms. The molecule has 0 aliphatic heterocycles. The Morgan fingerprint density at radius 2 is 1.94 bits per heavy atom. The molecule has 4 aromatic heterocycles. The number of alkyl halides is 2. The molecule has 0 unspecified atom stereocenters. The van der Waals surface area contributed by atoms with Gasteiger partial charge in [-0.05, 0) is 31.2 Å². The van der Waals surface area contributed by atoms with Crippen molar-refractivity contribution in [2.45, 2.75) is 12.8 Å². The van der Waals surface area contributed by atoms with Crippen LogP contribution in [-0.2, 0) is 5.92 Å². The third-order valence-electron chi connectivity index (χ3n) is 4.91. The summed E-state index contributed by atoms with van der Waals surface area (Å²) < 4.78 is 56.8. The van der Waals surface area contributed by atoms with E-state index in [9.17, 15) is 4.39 Å². The first kappa shape index (κ1) is 19.0. The molecule has 0 saturated heterocycles. The van der Waals surface area contributed by atoms with Crippen molar-refractivity contribution in [3.63, 3.8) is 0 Å². The van der Waals surface area contributed by atoms with E-state index >= 15 is 8.78 Å². The molecule has 31 heavy (non-hydrogen) atoms. The lowest BCUT2D eigenvalue weighted by Crippen LogP contribution is -2.19. The van der Waals surface area contributed by atoms with E-state index in [0.717, 1.165) is 10.5 Å². The van der Waals surface area contributed by atoms with Crippen molar-refractivity contribution in [2.75, 3.05) is 7.11 Å². The number of halogens is 3. The van der Waals surface area contributed by atoms with Crippen LogP contribution in [0, 0.1) is 12.7 Å². The standard InChI is InChI=1S/C21H14F3N5O2/c1-11-5-18(31-28-11)13-8-16(22)19-26-27-20(29(19)10-13)21(23,24)14-3-4-17-12(6-14)7-15(30-2)9-25-17/h3-10H,1-2H3. The fourth-order valence-electron chi connectivity index (χ4n) is 3.35. The first-order valence-electron chi connectivity index (χ1n) is 9.17. The Morgan fingerprint density at radius 3 is 2.68 bits per heavy atom. The molecule has 0 atom stereocenters. The summed E-state index contributed by atoms with van der Waals surface area (Å²) in [5.41, 5.74) is 0.671. The first-order valence-corrected chi connectivity index (χ1v) is 9.17. The quantitative estimate of drug-likeness (QED) is 0.421. The van der Waals surface area contributed by atoms with Gasteiger partial charge in [0.05, 0.1) is 24.5 Å². The molecule has 0 N–H and O–H groups in total. The second-order valence-corrected chi connectivity index (χ2v) is 6.98. The molecule has 4 heterocycles. The van der Waals surface area contributed by atoms with Crippen molar-refractivity contribution < 1.29 is 22.4 Å². The Hall–Kier alpha value is -3.95. The number of pyridine rings is 2. The molecule has 10 heteroatoms. The van der Waals surface area contributed by atoms with Crippen LogP contribution in [0.1, 0.15) is 17.1 Å². The summed E-state index contributed by atoms with van der Waals surface area (Å²) in [6.07, 6.45) is 2.80. The minimum Gasteiger partial charge on any atom is -0.495 e. The van der Waals surface area contributed by atoms with Crippen molar-refractivity contribution in [3.05, 3.63) is 71.7 Å². The zero-order valence-electron chi connectivity index (χ0n) is 16.3. The number of aryl methyl sites for hydroxylation is 1. The summed E-state index contributed by atoms with van der Waals surface area (Å²) >= 11 is 0. The molecular formula is C21H14F3N5O2. The number of nitrogens with zero attached hydrogens (tertiary/aromatic N) is 5. The predicted molar refractivity (Wildman–Crippen MR) is 104 cm³/mol. The minimum atomic E-state index is -3.57. The topological polar surface area (TPSA) is 78.3 Å². The highest BCUT2D eigenvalue weighted by atomic mass is 19.3. The first-order chi connectivity index (χ1) is 14.9. The van der Waals surface area contributed by atoms with Gasteiger partial charge in [0.15, 0.2) is 17.2 Å². The lowest BCUT2D eigenvalue weighted by Gasteiger charge is -2.16. The second-order valence-electron chi connectivity index (χ2n) is 6.98. The molecule has 0 radical (unpaired) electrons. The number of hydrogen-bond acceptors (Lipinski definition) is 6. The Kier molecular flexibility index (Phi) is 4.17. The van der Waals surface area contributed by atoms with Gasteiger partial charge in [-0.25, -0.2) is 4.39 Å². The summed E-state index contributed by atoms with van der Waals surface area (Å²) in [5, 5.41) is 11.4. The molecular weight excluding hydrogens is 411 g/mol. The lowest BCUT2D eigenvalue weighted by atomic mass is 10.0. The van der Waals surface area contributed by atoms with Crippen LogP contribution in [0.2, 0.25) is 0 Å². The van der Waals surface area contributed by atoms with Crippen molar-refractivity contribution in [1.82, 2.24) is 24.7 Å². The van der Waals surface area contributed by atoms with Crippen LogP contribution in [0.15, 0.2) is 53.3 Å². The van der Waals surface area contributed by atoms with Gasteiger partial charge in [-0.2, -0.15) is 8.78 Å². The molecule has 156 valence electrons. The molecule has 0 aliphatic rings. The van der Waals surface area contributed by atoms with Gasteiger partial charge in [-0.3, -0.25) is 9.38 Å². The minimum absolute atomic E-state index is 0.231. The van der Waals surface area contributed by atoms with E-state index in [-0.39, 0.29) is 22.5 Å². The molecule has 5 aromatic rings. The zero-order valence-corrected chi connectivity index (χ0v) is 16.3. The van der Waals surface area contributed by atoms with Gasteiger partial charge in [0, 0.05) is 28.8 Å². The van der Waals surface area contributed by atoms with Gasteiger partial charge in [0.1, 0.15) is 5.75 Å². The van der Waals surface area contributed by atoms with E-state index in [1.165, 1.54) is 37.7 Å². The van der Waals surface area contributed by atoms with Crippen LogP contribution in [-0.4, -0.2) is 31.8 Å². The normalized spacial score (nSPS) is 12.0. The number of rotatable bonds is 4. The second kappa shape index (κ2) is 6.79. The van der Waals surface area contributed by atoms with Crippen LogP contribution in [0.3, 0.4) is 0 Å². The van der Waals surface area contributed by atoms with Gasteiger partial charge >= 0.3 is 5.92 Å².